The zero-order chi connectivity index (χ0) is 59.1. The van der Waals surface area contributed by atoms with Crippen LogP contribution >= 0.6 is 11.6 Å². The number of methoxy groups -OCH3 is 1. The van der Waals surface area contributed by atoms with Gasteiger partial charge in [-0.25, -0.2) is 4.79 Å². The second-order valence-electron chi connectivity index (χ2n) is 24.9. The second-order valence-corrected chi connectivity index (χ2v) is 29.9. The zero-order valence-electron chi connectivity index (χ0n) is 49.7. The normalized spacial score (nSPS) is 26.3. The number of alkyl halides is 1. The fourth-order valence-corrected chi connectivity index (χ4v) is 11.8. The van der Waals surface area contributed by atoms with E-state index in [4.69, 9.17) is 58.7 Å². The maximum atomic E-state index is 14.7. The molecule has 79 heavy (non-hydrogen) atoms. The highest BCUT2D eigenvalue weighted by Crippen LogP contribution is 2.49. The van der Waals surface area contributed by atoms with Crippen LogP contribution in [0.1, 0.15) is 153 Å². The van der Waals surface area contributed by atoms with Crippen molar-refractivity contribution in [2.24, 2.45) is 28.6 Å². The third-order valence-corrected chi connectivity index (χ3v) is 21.0. The van der Waals surface area contributed by atoms with Gasteiger partial charge in [0.1, 0.15) is 24.4 Å². The van der Waals surface area contributed by atoms with E-state index in [1.54, 1.807) is 27.7 Å². The molecule has 0 radical (unpaired) electrons. The van der Waals surface area contributed by atoms with E-state index in [1.165, 1.54) is 19.3 Å². The summed E-state index contributed by atoms with van der Waals surface area (Å²) in [6.45, 7) is 27.5. The first-order chi connectivity index (χ1) is 36.8. The molecule has 1 aliphatic carbocycles. The molecule has 2 aliphatic heterocycles. The van der Waals surface area contributed by atoms with Crippen LogP contribution in [-0.4, -0.2) is 130 Å². The Bertz CT molecular complexity index is 2240. The van der Waals surface area contributed by atoms with Crippen molar-refractivity contribution >= 4 is 56.1 Å². The molecule has 19 heteroatoms. The number of rotatable bonds is 27. The first-order valence-corrected chi connectivity index (χ1v) is 31.6. The number of hydrogen-bond acceptors (Lipinski definition) is 17. The summed E-state index contributed by atoms with van der Waals surface area (Å²) in [4.78, 5) is 79.2. The van der Waals surface area contributed by atoms with Gasteiger partial charge in [-0.1, -0.05) is 119 Å². The maximum Gasteiger partial charge on any atom is 0.330 e. The van der Waals surface area contributed by atoms with Gasteiger partial charge in [0, 0.05) is 48.5 Å². The Balaban J connectivity index is 1.71. The summed E-state index contributed by atoms with van der Waals surface area (Å²) in [6, 6.07) is 9.40. The summed E-state index contributed by atoms with van der Waals surface area (Å²) in [5.74, 6) is -6.11. The van der Waals surface area contributed by atoms with Crippen LogP contribution in [0.15, 0.2) is 54.1 Å². The molecule has 0 aromatic heterocycles. The van der Waals surface area contributed by atoms with E-state index in [0.29, 0.717) is 31.1 Å². The van der Waals surface area contributed by atoms with E-state index in [2.05, 4.69) is 20.8 Å². The van der Waals surface area contributed by atoms with Crippen LogP contribution in [0.2, 0.25) is 18.1 Å². The Kier molecular flexibility index (Phi) is 25.0. The zero-order valence-corrected chi connectivity index (χ0v) is 51.5. The highest BCUT2D eigenvalue weighted by molar-refractivity contribution is 6.74. The van der Waals surface area contributed by atoms with Gasteiger partial charge in [-0.05, 0) is 73.4 Å². The average Bonchev–Trinajstić information content (AvgIpc) is 3.54. The number of aliphatic hydroxyl groups is 1. The van der Waals surface area contributed by atoms with Crippen molar-refractivity contribution in [1.82, 2.24) is 0 Å². The molecule has 0 amide bonds. The lowest BCUT2D eigenvalue weighted by molar-refractivity contribution is -0.342. The molecular formula is C60H93ClO17Si. The van der Waals surface area contributed by atoms with E-state index in [1.807, 2.05) is 78.0 Å². The van der Waals surface area contributed by atoms with E-state index < -0.39 is 97.2 Å². The van der Waals surface area contributed by atoms with Crippen molar-refractivity contribution in [3.63, 3.8) is 0 Å². The van der Waals surface area contributed by atoms with Crippen LogP contribution < -0.4 is 0 Å². The van der Waals surface area contributed by atoms with Crippen molar-refractivity contribution < 1.29 is 80.9 Å². The van der Waals surface area contributed by atoms with Gasteiger partial charge in [0.05, 0.1) is 64.2 Å². The number of carbonyl (C=O) groups excluding carboxylic acids is 6. The predicted molar refractivity (Wildman–Crippen MR) is 300 cm³/mol. The van der Waals surface area contributed by atoms with Crippen LogP contribution in [0.3, 0.4) is 0 Å². The lowest BCUT2D eigenvalue weighted by atomic mass is 9.72. The minimum absolute atomic E-state index is 0.0623. The van der Waals surface area contributed by atoms with E-state index in [9.17, 15) is 33.9 Å². The number of halogens is 1. The summed E-state index contributed by atoms with van der Waals surface area (Å²) in [5, 5.41) is 12.3. The molecule has 1 N–H and O–H groups in total. The molecule has 4 rings (SSSR count). The number of ether oxygens (including phenoxy) is 9. The highest BCUT2D eigenvalue weighted by Gasteiger charge is 2.58. The number of esters is 5. The summed E-state index contributed by atoms with van der Waals surface area (Å²) >= 11 is 5.84. The molecule has 3 aliphatic rings. The van der Waals surface area contributed by atoms with E-state index in [-0.39, 0.29) is 80.3 Å². The van der Waals surface area contributed by atoms with Gasteiger partial charge in [0.2, 0.25) is 5.79 Å². The fourth-order valence-electron chi connectivity index (χ4n) is 10.4. The number of benzene rings is 1. The van der Waals surface area contributed by atoms with Crippen LogP contribution in [0.25, 0.3) is 0 Å². The topological polar surface area (TPSA) is 215 Å². The molecule has 1 saturated carbocycles. The molecule has 11 atom stereocenters. The number of hydrogen-bond donors (Lipinski definition) is 1. The lowest BCUT2D eigenvalue weighted by Crippen LogP contribution is -2.62. The van der Waals surface area contributed by atoms with Crippen molar-refractivity contribution in [2.45, 2.75) is 226 Å². The van der Waals surface area contributed by atoms with Gasteiger partial charge in [-0.3, -0.25) is 24.0 Å². The fraction of sp³-hybridized carbons (Fsp3) is 0.733. The number of allylic oxidation sites excluding steroid dienone is 1. The Morgan fingerprint density at radius 1 is 0.886 bits per heavy atom. The summed E-state index contributed by atoms with van der Waals surface area (Å²) in [6.07, 6.45) is 0.248. The summed E-state index contributed by atoms with van der Waals surface area (Å²) in [5.41, 5.74) is -1.34. The molecule has 446 valence electrons. The minimum Gasteiger partial charge on any atom is -0.466 e. The molecule has 1 spiro atoms. The average molecular weight is 1150 g/mol. The Morgan fingerprint density at radius 2 is 1.54 bits per heavy atom. The molecule has 2 saturated heterocycles. The Morgan fingerprint density at radius 3 is 2.14 bits per heavy atom. The van der Waals surface area contributed by atoms with Crippen LogP contribution in [-0.2, 0) is 82.4 Å². The lowest BCUT2D eigenvalue weighted by Gasteiger charge is -2.52. The standard InChI is InChI=1S/C60H93ClO17Si/c1-16-50(63)75-55-43(30-51(64)69-13)29-45(77-60(55,68)58(11,12)26-20-27-62)31-48(41(5)70-37-42-21-18-17-19-22-42)73-52(65)33-46(78-79(14,15)56(6,7)8)34-53(66)74-49(57(9,10)38-71-54(67)36-61)32-44-25-28-72-59(76-44)35-40(4)23-24-47(59)39(2)3/h17-22,26-27,30,39-41,44-49,55,68H,16,23-25,28-29,31-38H2,1-15H3/b26-20+,43-30+/t40-,41-,44+,45+,46+,47+,48-,49+,55+,59?,60-/m1/s1. The summed E-state index contributed by atoms with van der Waals surface area (Å²) in [7, 11) is -1.54. The van der Waals surface area contributed by atoms with Gasteiger partial charge < -0.3 is 52.2 Å². The molecule has 3 fully saturated rings. The second kappa shape index (κ2) is 29.3. The predicted octanol–water partition coefficient (Wildman–Crippen LogP) is 10.4. The van der Waals surface area contributed by atoms with Gasteiger partial charge in [-0.15, -0.1) is 11.6 Å². The molecule has 0 bridgehead atoms. The molecule has 17 nitrogen and oxygen atoms in total. The Labute approximate surface area is 475 Å². The third-order valence-electron chi connectivity index (χ3n) is 16.2. The smallest absolute Gasteiger partial charge is 0.330 e. The van der Waals surface area contributed by atoms with Crippen LogP contribution in [0.5, 0.6) is 0 Å². The van der Waals surface area contributed by atoms with E-state index >= 15 is 0 Å². The van der Waals surface area contributed by atoms with Crippen molar-refractivity contribution in [3.05, 3.63) is 59.7 Å². The molecule has 2 heterocycles. The van der Waals surface area contributed by atoms with Gasteiger partial charge in [-0.2, -0.15) is 0 Å². The van der Waals surface area contributed by atoms with E-state index in [0.717, 1.165) is 30.9 Å². The Hall–Kier alpha value is -4.01. The molecular weight excluding hydrogens is 1060 g/mol. The minimum atomic E-state index is -2.72. The van der Waals surface area contributed by atoms with Crippen molar-refractivity contribution in [2.75, 3.05) is 26.2 Å². The van der Waals surface area contributed by atoms with Crippen LogP contribution in [0, 0.1) is 28.6 Å². The highest BCUT2D eigenvalue weighted by atomic mass is 35.5. The van der Waals surface area contributed by atoms with Crippen molar-refractivity contribution in [1.29, 1.82) is 0 Å². The van der Waals surface area contributed by atoms with Crippen molar-refractivity contribution in [3.8, 4) is 0 Å². The third kappa shape index (κ3) is 19.0. The summed E-state index contributed by atoms with van der Waals surface area (Å²) < 4.78 is 62.5. The van der Waals surface area contributed by atoms with Gasteiger partial charge in [0.25, 0.3) is 0 Å². The quantitative estimate of drug-likeness (QED) is 0.0216. The van der Waals surface area contributed by atoms with Gasteiger partial charge >= 0.3 is 29.8 Å². The van der Waals surface area contributed by atoms with Gasteiger partial charge in [0.15, 0.2) is 20.2 Å². The molecule has 1 aromatic carbocycles. The number of aldehydes is 1. The SMILES string of the molecule is CCC(=O)O[C@H]1/C(=C/C(=O)OC)C[C@@H](C[C@@H](OC(=O)C[C@@H](CC(=O)O[C@@H](C[C@@H]2CCOC3(C[C@H](C)CC[C@H]3C(C)C)O2)C(C)(C)COC(=O)CCl)O[Si](C)(C)C(C)(C)C)[C@@H](C)OCc2ccccc2)O[C@@]1(O)C(C)(C)/C=C/C=O. The first kappa shape index (κ1) is 67.5. The maximum absolute atomic E-state index is 14.7. The monoisotopic (exact) mass is 1150 g/mol. The first-order valence-electron chi connectivity index (χ1n) is 28.1. The largest absolute Gasteiger partial charge is 0.466 e. The molecule has 1 aromatic rings. The molecule has 1 unspecified atom stereocenters. The van der Waals surface area contributed by atoms with Crippen LogP contribution in [0.4, 0.5) is 0 Å². The number of carbonyl (C=O) groups is 6.